The van der Waals surface area contributed by atoms with E-state index in [9.17, 15) is 9.59 Å². The molecule has 0 aromatic heterocycles. The lowest BCUT2D eigenvalue weighted by molar-refractivity contribution is -0.125. The van der Waals surface area contributed by atoms with Gasteiger partial charge in [0.15, 0.2) is 0 Å². The quantitative estimate of drug-likeness (QED) is 0.783. The van der Waals surface area contributed by atoms with Gasteiger partial charge in [-0.3, -0.25) is 9.59 Å². The number of rotatable bonds is 5. The number of fused-ring (bicyclic) bond motifs is 1. The Morgan fingerprint density at radius 3 is 2.50 bits per heavy atom. The van der Waals surface area contributed by atoms with Crippen molar-refractivity contribution in [1.82, 2.24) is 0 Å². The summed E-state index contributed by atoms with van der Waals surface area (Å²) in [6, 6.07) is 12.2. The minimum atomic E-state index is -0.259. The first kappa shape index (κ1) is 18.6. The largest absolute Gasteiger partial charge is 0.383 e. The van der Waals surface area contributed by atoms with Gasteiger partial charge in [0.05, 0.1) is 11.4 Å². The van der Waals surface area contributed by atoms with Crippen LogP contribution in [-0.2, 0) is 28.9 Å². The third kappa shape index (κ3) is 3.98. The highest BCUT2D eigenvalue weighted by atomic mass is 79.9. The molecule has 26 heavy (non-hydrogen) atoms. The molecule has 0 unspecified atom stereocenters. The van der Waals surface area contributed by atoms with Crippen LogP contribution >= 0.6 is 15.9 Å². The van der Waals surface area contributed by atoms with Crippen LogP contribution in [0.25, 0.3) is 0 Å². The predicted molar refractivity (Wildman–Crippen MR) is 109 cm³/mol. The summed E-state index contributed by atoms with van der Waals surface area (Å²) in [6.45, 7) is 4.38. The number of amides is 2. The van der Waals surface area contributed by atoms with E-state index in [2.05, 4.69) is 52.4 Å². The molecule has 0 aliphatic carbocycles. The molecule has 3 rings (SSSR count). The Balaban J connectivity index is 1.80. The van der Waals surface area contributed by atoms with Gasteiger partial charge in [-0.15, -0.1) is 0 Å². The molecule has 1 heterocycles. The number of benzene rings is 2. The van der Waals surface area contributed by atoms with E-state index in [0.29, 0.717) is 18.5 Å². The summed E-state index contributed by atoms with van der Waals surface area (Å²) in [5, 5.41) is 3.31. The number of hydrogen-bond acceptors (Lipinski definition) is 3. The molecular weight excluding hydrogens is 392 g/mol. The Morgan fingerprint density at radius 1 is 1.15 bits per heavy atom. The number of carbonyl (C=O) groups excluding carboxylic acids is 2. The molecule has 2 aromatic rings. The second-order valence-electron chi connectivity index (χ2n) is 6.55. The normalized spacial score (nSPS) is 12.4. The maximum absolute atomic E-state index is 12.9. The maximum Gasteiger partial charge on any atom is 0.234 e. The molecule has 0 radical (unpaired) electrons. The summed E-state index contributed by atoms with van der Waals surface area (Å²) in [4.78, 5) is 26.4. The second-order valence-corrected chi connectivity index (χ2v) is 7.47. The van der Waals surface area contributed by atoms with Gasteiger partial charge in [-0.25, -0.2) is 4.90 Å². The Morgan fingerprint density at radius 2 is 1.85 bits per heavy atom. The molecule has 2 amide bonds. The van der Waals surface area contributed by atoms with E-state index in [0.717, 1.165) is 40.7 Å². The van der Waals surface area contributed by atoms with E-state index in [1.807, 2.05) is 12.1 Å². The van der Waals surface area contributed by atoms with Crippen molar-refractivity contribution in [2.24, 2.45) is 0 Å². The standard InChI is InChI=1S/C21H23BrN2O2/c1-3-15-4-6-16(7-5-15)8-9-20(26)24(14(2)25)19-13-18(22)12-17-10-11-23-21(17)19/h4-7,12-13,23H,3,8-11H2,1-2H3. The Hall–Kier alpha value is -2.14. The van der Waals surface area contributed by atoms with E-state index in [1.165, 1.54) is 17.4 Å². The number of nitrogens with one attached hydrogen (secondary N) is 1. The monoisotopic (exact) mass is 414 g/mol. The molecule has 0 saturated carbocycles. The molecule has 1 aliphatic heterocycles. The Kier molecular flexibility index (Phi) is 5.77. The molecule has 5 heteroatoms. The van der Waals surface area contributed by atoms with E-state index in [4.69, 9.17) is 0 Å². The number of anilines is 2. The van der Waals surface area contributed by atoms with E-state index >= 15 is 0 Å². The van der Waals surface area contributed by atoms with Crippen molar-refractivity contribution in [1.29, 1.82) is 0 Å². The molecule has 0 atom stereocenters. The van der Waals surface area contributed by atoms with Gasteiger partial charge in [0.25, 0.3) is 0 Å². The van der Waals surface area contributed by atoms with Gasteiger partial charge < -0.3 is 5.32 Å². The molecule has 1 N–H and O–H groups in total. The molecule has 4 nitrogen and oxygen atoms in total. The highest BCUT2D eigenvalue weighted by molar-refractivity contribution is 9.10. The van der Waals surface area contributed by atoms with Crippen molar-refractivity contribution >= 4 is 39.1 Å². The van der Waals surface area contributed by atoms with Crippen molar-refractivity contribution in [3.05, 3.63) is 57.6 Å². The molecule has 0 saturated heterocycles. The van der Waals surface area contributed by atoms with Crippen LogP contribution < -0.4 is 10.2 Å². The molecule has 0 spiro atoms. The first-order valence-electron chi connectivity index (χ1n) is 8.97. The van der Waals surface area contributed by atoms with Crippen LogP contribution in [0.15, 0.2) is 40.9 Å². The van der Waals surface area contributed by atoms with Crippen molar-refractivity contribution in [2.75, 3.05) is 16.8 Å². The zero-order valence-electron chi connectivity index (χ0n) is 15.1. The van der Waals surface area contributed by atoms with Crippen LogP contribution in [-0.4, -0.2) is 18.4 Å². The average Bonchev–Trinajstić information content (AvgIpc) is 3.08. The van der Waals surface area contributed by atoms with Gasteiger partial charge in [-0.2, -0.15) is 0 Å². The lowest BCUT2D eigenvalue weighted by Gasteiger charge is -2.22. The predicted octanol–water partition coefficient (Wildman–Crippen LogP) is 4.49. The average molecular weight is 415 g/mol. The van der Waals surface area contributed by atoms with Crippen molar-refractivity contribution in [2.45, 2.75) is 39.5 Å². The minimum Gasteiger partial charge on any atom is -0.383 e. The fourth-order valence-electron chi connectivity index (χ4n) is 3.33. The van der Waals surface area contributed by atoms with Gasteiger partial charge in [0.1, 0.15) is 0 Å². The van der Waals surface area contributed by atoms with Crippen LogP contribution in [0.5, 0.6) is 0 Å². The van der Waals surface area contributed by atoms with Gasteiger partial charge in [0.2, 0.25) is 11.8 Å². The maximum atomic E-state index is 12.9. The highest BCUT2D eigenvalue weighted by Gasteiger charge is 2.26. The fourth-order valence-corrected chi connectivity index (χ4v) is 3.82. The van der Waals surface area contributed by atoms with E-state index in [1.54, 1.807) is 0 Å². The Labute approximate surface area is 162 Å². The number of imide groups is 1. The minimum absolute atomic E-state index is 0.175. The topological polar surface area (TPSA) is 49.4 Å². The van der Waals surface area contributed by atoms with Gasteiger partial charge in [-0.05, 0) is 48.1 Å². The lowest BCUT2D eigenvalue weighted by Crippen LogP contribution is -2.35. The van der Waals surface area contributed by atoms with Crippen molar-refractivity contribution < 1.29 is 9.59 Å². The summed E-state index contributed by atoms with van der Waals surface area (Å²) in [7, 11) is 0. The summed E-state index contributed by atoms with van der Waals surface area (Å²) in [6.07, 6.45) is 2.81. The first-order chi connectivity index (χ1) is 12.5. The second kappa shape index (κ2) is 8.04. The number of hydrogen-bond donors (Lipinski definition) is 1. The van der Waals surface area contributed by atoms with Gasteiger partial charge in [0, 0.05) is 24.4 Å². The van der Waals surface area contributed by atoms with E-state index in [-0.39, 0.29) is 11.8 Å². The number of carbonyl (C=O) groups is 2. The van der Waals surface area contributed by atoms with Crippen LogP contribution in [0, 0.1) is 0 Å². The zero-order chi connectivity index (χ0) is 18.7. The summed E-state index contributed by atoms with van der Waals surface area (Å²) >= 11 is 3.49. The number of halogens is 1. The lowest BCUT2D eigenvalue weighted by atomic mass is 10.1. The molecule has 2 aromatic carbocycles. The van der Waals surface area contributed by atoms with Gasteiger partial charge in [-0.1, -0.05) is 47.1 Å². The van der Waals surface area contributed by atoms with Gasteiger partial charge >= 0.3 is 0 Å². The van der Waals surface area contributed by atoms with Crippen molar-refractivity contribution in [3.63, 3.8) is 0 Å². The fraction of sp³-hybridized carbons (Fsp3) is 0.333. The molecule has 136 valence electrons. The van der Waals surface area contributed by atoms with Crippen LogP contribution in [0.3, 0.4) is 0 Å². The molecule has 1 aliphatic rings. The van der Waals surface area contributed by atoms with Crippen molar-refractivity contribution in [3.8, 4) is 0 Å². The zero-order valence-corrected chi connectivity index (χ0v) is 16.7. The van der Waals surface area contributed by atoms with Crippen LogP contribution in [0.2, 0.25) is 0 Å². The molecular formula is C21H23BrN2O2. The third-order valence-corrected chi connectivity index (χ3v) is 5.18. The SMILES string of the molecule is CCc1ccc(CCC(=O)N(C(C)=O)c2cc(Br)cc3c2NCC3)cc1. The number of aryl methyl sites for hydroxylation is 2. The number of nitrogens with zero attached hydrogens (tertiary/aromatic N) is 1. The highest BCUT2D eigenvalue weighted by Crippen LogP contribution is 2.37. The summed E-state index contributed by atoms with van der Waals surface area (Å²) in [5.41, 5.74) is 5.05. The van der Waals surface area contributed by atoms with Crippen LogP contribution in [0.4, 0.5) is 11.4 Å². The molecule has 0 fully saturated rings. The molecule has 0 bridgehead atoms. The van der Waals surface area contributed by atoms with E-state index < -0.39 is 0 Å². The third-order valence-electron chi connectivity index (χ3n) is 4.72. The Bertz CT molecular complexity index is 831. The summed E-state index contributed by atoms with van der Waals surface area (Å²) < 4.78 is 0.879. The summed E-state index contributed by atoms with van der Waals surface area (Å²) in [5.74, 6) is -0.434. The first-order valence-corrected chi connectivity index (χ1v) is 9.76. The smallest absolute Gasteiger partial charge is 0.234 e. The van der Waals surface area contributed by atoms with Crippen LogP contribution in [0.1, 0.15) is 37.0 Å².